The topological polar surface area (TPSA) is 99.8 Å². The van der Waals surface area contributed by atoms with Crippen LogP contribution in [0.1, 0.15) is 42.7 Å². The summed E-state index contributed by atoms with van der Waals surface area (Å²) in [4.78, 5) is 35.5. The van der Waals surface area contributed by atoms with Gasteiger partial charge in [-0.05, 0) is 81.5 Å². The number of aryl methyl sites for hydroxylation is 2. The maximum atomic E-state index is 13.8. The standard InChI is InChI=1S/C29H30BrN5O3S2/c1-3-34(4-2)21-12-9-18(23(36)15-21)16-31-33-25(37)17-39-29-32-27-26(22-7-5-6-8-24(22)40-27)28(38)35(29)20-13-10-19(30)11-14-20/h9-16,36H,3-8,17H2,1-2H3,(H,33,37)/b31-16+. The van der Waals surface area contributed by atoms with Crippen molar-refractivity contribution in [3.05, 3.63) is 73.3 Å². The Hall–Kier alpha value is -3.15. The van der Waals surface area contributed by atoms with Gasteiger partial charge in [-0.25, -0.2) is 10.4 Å². The molecule has 0 atom stereocenters. The first kappa shape index (κ1) is 28.4. The van der Waals surface area contributed by atoms with Crippen molar-refractivity contribution in [2.24, 2.45) is 5.10 Å². The molecule has 2 heterocycles. The normalized spacial score (nSPS) is 13.1. The van der Waals surface area contributed by atoms with Gasteiger partial charge in [-0.3, -0.25) is 14.2 Å². The predicted molar refractivity (Wildman–Crippen MR) is 168 cm³/mol. The average Bonchev–Trinajstić information content (AvgIpc) is 3.33. The number of hydrogen-bond donors (Lipinski definition) is 2. The molecule has 0 bridgehead atoms. The van der Waals surface area contributed by atoms with Gasteiger partial charge in [0, 0.05) is 39.8 Å². The number of anilines is 1. The third-order valence-corrected chi connectivity index (χ3v) is 9.56. The third kappa shape index (κ3) is 5.96. The van der Waals surface area contributed by atoms with Gasteiger partial charge >= 0.3 is 0 Å². The molecule has 0 aliphatic heterocycles. The van der Waals surface area contributed by atoms with Gasteiger partial charge in [0.2, 0.25) is 0 Å². The molecule has 2 aromatic carbocycles. The fourth-order valence-corrected chi connectivity index (χ4v) is 7.24. The first-order chi connectivity index (χ1) is 19.4. The van der Waals surface area contributed by atoms with Crippen molar-refractivity contribution < 1.29 is 9.90 Å². The van der Waals surface area contributed by atoms with Crippen LogP contribution in [-0.2, 0) is 17.6 Å². The SMILES string of the molecule is CCN(CC)c1ccc(/C=N/NC(=O)CSc2nc3sc4c(c3c(=O)n2-c2ccc(Br)cc2)CCCC4)c(O)c1. The summed E-state index contributed by atoms with van der Waals surface area (Å²) in [5.74, 6) is -0.238. The van der Waals surface area contributed by atoms with Crippen molar-refractivity contribution >= 4 is 67.1 Å². The molecule has 0 spiro atoms. The molecule has 5 rings (SSSR count). The maximum Gasteiger partial charge on any atom is 0.267 e. The largest absolute Gasteiger partial charge is 0.507 e. The van der Waals surface area contributed by atoms with Crippen LogP contribution in [0.5, 0.6) is 5.75 Å². The summed E-state index contributed by atoms with van der Waals surface area (Å²) in [5, 5.41) is 15.6. The van der Waals surface area contributed by atoms with Crippen molar-refractivity contribution in [2.75, 3.05) is 23.7 Å². The van der Waals surface area contributed by atoms with Crippen LogP contribution in [0.2, 0.25) is 0 Å². The van der Waals surface area contributed by atoms with Crippen molar-refractivity contribution in [3.8, 4) is 11.4 Å². The summed E-state index contributed by atoms with van der Waals surface area (Å²) in [6, 6.07) is 12.9. The number of nitrogens with one attached hydrogen (secondary N) is 1. The molecular formula is C29H30BrN5O3S2. The Balaban J connectivity index is 1.35. The van der Waals surface area contributed by atoms with Crippen molar-refractivity contribution in [1.82, 2.24) is 15.0 Å². The van der Waals surface area contributed by atoms with Gasteiger partial charge in [-0.2, -0.15) is 5.10 Å². The second kappa shape index (κ2) is 12.6. The number of thioether (sulfide) groups is 1. The minimum absolute atomic E-state index is 0.0176. The van der Waals surface area contributed by atoms with E-state index in [4.69, 9.17) is 4.98 Å². The van der Waals surface area contributed by atoms with Gasteiger partial charge in [0.15, 0.2) is 5.16 Å². The number of phenols is 1. The Morgan fingerprint density at radius 1 is 1.20 bits per heavy atom. The zero-order valence-corrected chi connectivity index (χ0v) is 25.5. The summed E-state index contributed by atoms with van der Waals surface area (Å²) in [5.41, 5.74) is 5.67. The molecule has 2 N–H and O–H groups in total. The number of halogens is 1. The van der Waals surface area contributed by atoms with E-state index in [1.165, 1.54) is 22.9 Å². The number of hydrogen-bond acceptors (Lipinski definition) is 8. The van der Waals surface area contributed by atoms with Crippen LogP contribution in [0, 0.1) is 0 Å². The second-order valence-electron chi connectivity index (χ2n) is 9.40. The molecule has 0 unspecified atom stereocenters. The lowest BCUT2D eigenvalue weighted by Crippen LogP contribution is -2.24. The fraction of sp³-hybridized carbons (Fsp3) is 0.310. The number of fused-ring (bicyclic) bond motifs is 3. The zero-order chi connectivity index (χ0) is 28.2. The zero-order valence-electron chi connectivity index (χ0n) is 22.3. The second-order valence-corrected chi connectivity index (χ2v) is 12.3. The predicted octanol–water partition coefficient (Wildman–Crippen LogP) is 5.88. The van der Waals surface area contributed by atoms with Gasteiger partial charge < -0.3 is 10.0 Å². The lowest BCUT2D eigenvalue weighted by molar-refractivity contribution is -0.118. The van der Waals surface area contributed by atoms with Crippen LogP contribution in [0.3, 0.4) is 0 Å². The van der Waals surface area contributed by atoms with Gasteiger partial charge in [0.05, 0.1) is 23.0 Å². The van der Waals surface area contributed by atoms with Crippen LogP contribution < -0.4 is 15.9 Å². The molecule has 40 heavy (non-hydrogen) atoms. The molecular weight excluding hydrogens is 610 g/mol. The van der Waals surface area contributed by atoms with E-state index in [0.717, 1.165) is 59.3 Å². The van der Waals surface area contributed by atoms with Crippen LogP contribution in [0.4, 0.5) is 5.69 Å². The van der Waals surface area contributed by atoms with E-state index < -0.39 is 0 Å². The first-order valence-electron chi connectivity index (χ1n) is 13.3. The molecule has 11 heteroatoms. The van der Waals surface area contributed by atoms with E-state index in [0.29, 0.717) is 21.8 Å². The van der Waals surface area contributed by atoms with E-state index in [2.05, 4.69) is 45.2 Å². The fourth-order valence-electron chi connectivity index (χ4n) is 4.86. The number of carbonyl (C=O) groups is 1. The number of aromatic nitrogens is 2. The number of hydrazone groups is 1. The third-order valence-electron chi connectivity index (χ3n) is 6.91. The maximum absolute atomic E-state index is 13.8. The minimum Gasteiger partial charge on any atom is -0.507 e. The molecule has 208 valence electrons. The Morgan fingerprint density at radius 2 is 1.95 bits per heavy atom. The first-order valence-corrected chi connectivity index (χ1v) is 15.8. The average molecular weight is 641 g/mol. The summed E-state index contributed by atoms with van der Waals surface area (Å²) in [6.07, 6.45) is 5.49. The smallest absolute Gasteiger partial charge is 0.267 e. The van der Waals surface area contributed by atoms with Gasteiger partial charge in [-0.15, -0.1) is 11.3 Å². The number of phenolic OH excluding ortho intramolecular Hbond substituents is 1. The summed E-state index contributed by atoms with van der Waals surface area (Å²) in [7, 11) is 0. The molecule has 2 aromatic heterocycles. The highest BCUT2D eigenvalue weighted by molar-refractivity contribution is 9.10. The number of amides is 1. The Morgan fingerprint density at radius 3 is 2.67 bits per heavy atom. The number of thiophene rings is 1. The molecule has 0 saturated carbocycles. The highest BCUT2D eigenvalue weighted by atomic mass is 79.9. The highest BCUT2D eigenvalue weighted by Gasteiger charge is 2.23. The van der Waals surface area contributed by atoms with E-state index in [1.807, 2.05) is 30.3 Å². The number of carbonyl (C=O) groups excluding carboxylic acids is 1. The lowest BCUT2D eigenvalue weighted by Gasteiger charge is -2.21. The van der Waals surface area contributed by atoms with E-state index in [-0.39, 0.29) is 23.0 Å². The Labute approximate surface area is 249 Å². The van der Waals surface area contributed by atoms with Gasteiger partial charge in [0.25, 0.3) is 11.5 Å². The molecule has 1 amide bonds. The monoisotopic (exact) mass is 639 g/mol. The van der Waals surface area contributed by atoms with E-state index >= 15 is 0 Å². The number of benzene rings is 2. The molecule has 0 fully saturated rings. The Kier molecular flexibility index (Phi) is 8.92. The van der Waals surface area contributed by atoms with Gasteiger partial charge in [-0.1, -0.05) is 27.7 Å². The minimum atomic E-state index is -0.345. The van der Waals surface area contributed by atoms with Crippen LogP contribution in [0.25, 0.3) is 15.9 Å². The van der Waals surface area contributed by atoms with Crippen LogP contribution in [0.15, 0.2) is 62.0 Å². The highest BCUT2D eigenvalue weighted by Crippen LogP contribution is 2.35. The van der Waals surface area contributed by atoms with Crippen molar-refractivity contribution in [1.29, 1.82) is 0 Å². The number of aromatic hydroxyl groups is 1. The molecule has 4 aromatic rings. The summed E-state index contributed by atoms with van der Waals surface area (Å²) < 4.78 is 2.51. The van der Waals surface area contributed by atoms with Gasteiger partial charge in [0.1, 0.15) is 10.6 Å². The molecule has 1 aliphatic carbocycles. The quantitative estimate of drug-likeness (QED) is 0.103. The van der Waals surface area contributed by atoms with Crippen LogP contribution in [-0.4, -0.2) is 45.6 Å². The lowest BCUT2D eigenvalue weighted by atomic mass is 9.97. The number of nitrogens with zero attached hydrogens (tertiary/aromatic N) is 4. The van der Waals surface area contributed by atoms with E-state index in [1.54, 1.807) is 28.0 Å². The Bertz CT molecular complexity index is 1630. The van der Waals surface area contributed by atoms with E-state index in [9.17, 15) is 14.7 Å². The summed E-state index contributed by atoms with van der Waals surface area (Å²) in [6.45, 7) is 5.79. The van der Waals surface area contributed by atoms with Crippen molar-refractivity contribution in [2.45, 2.75) is 44.7 Å². The molecule has 0 saturated heterocycles. The molecule has 1 aliphatic rings. The molecule has 8 nitrogen and oxygen atoms in total. The summed E-state index contributed by atoms with van der Waals surface area (Å²) >= 11 is 6.24. The van der Waals surface area contributed by atoms with Crippen molar-refractivity contribution in [3.63, 3.8) is 0 Å². The molecule has 0 radical (unpaired) electrons. The number of rotatable bonds is 9. The van der Waals surface area contributed by atoms with Crippen LogP contribution >= 0.6 is 39.0 Å².